The van der Waals surface area contributed by atoms with Crippen LogP contribution >= 0.6 is 15.9 Å². The third-order valence-corrected chi connectivity index (χ3v) is 6.27. The minimum atomic E-state index is -0.288. The number of esters is 2. The van der Waals surface area contributed by atoms with Gasteiger partial charge in [-0.05, 0) is 67.4 Å². The number of carbonyl (C=O) groups is 2. The maximum Gasteiger partial charge on any atom is 0.337 e. The van der Waals surface area contributed by atoms with Gasteiger partial charge in [0.2, 0.25) is 0 Å². The first kappa shape index (κ1) is 28.8. The second-order valence-corrected chi connectivity index (χ2v) is 8.54. The molecule has 1 heterocycles. The molecule has 2 aromatic rings. The number of rotatable bonds is 5. The average Bonchev–Trinajstić information content (AvgIpc) is 2.81. The van der Waals surface area contributed by atoms with Gasteiger partial charge in [0.1, 0.15) is 0 Å². The van der Waals surface area contributed by atoms with E-state index in [0.717, 1.165) is 49.2 Å². The number of aryl methyl sites for hydroxylation is 2. The Bertz CT molecular complexity index is 925. The molecular formula is C26H37BrN2O4. The van der Waals surface area contributed by atoms with Crippen LogP contribution in [0, 0.1) is 13.8 Å². The Kier molecular flexibility index (Phi) is 12.3. The first-order chi connectivity index (χ1) is 15.3. The molecule has 0 amide bonds. The Hall–Kier alpha value is -2.22. The number of carbonyl (C=O) groups excluding carboxylic acids is 2. The molecule has 0 saturated carbocycles. The Morgan fingerprint density at radius 3 is 1.70 bits per heavy atom. The van der Waals surface area contributed by atoms with Crippen molar-refractivity contribution in [1.29, 1.82) is 0 Å². The number of methoxy groups -OCH3 is 2. The molecule has 0 bridgehead atoms. The molecule has 182 valence electrons. The van der Waals surface area contributed by atoms with Crippen LogP contribution in [-0.2, 0) is 21.3 Å². The van der Waals surface area contributed by atoms with Crippen molar-refractivity contribution in [2.24, 2.45) is 0 Å². The zero-order valence-corrected chi connectivity index (χ0v) is 21.2. The molecule has 1 aliphatic heterocycles. The molecule has 7 heteroatoms. The van der Waals surface area contributed by atoms with Gasteiger partial charge in [0.15, 0.2) is 0 Å². The van der Waals surface area contributed by atoms with Crippen molar-refractivity contribution in [1.82, 2.24) is 9.80 Å². The fourth-order valence-corrected chi connectivity index (χ4v) is 4.08. The van der Waals surface area contributed by atoms with E-state index in [2.05, 4.69) is 44.4 Å². The summed E-state index contributed by atoms with van der Waals surface area (Å²) in [6, 6.07) is 11.3. The van der Waals surface area contributed by atoms with E-state index in [9.17, 15) is 9.59 Å². The fourth-order valence-electron chi connectivity index (χ4n) is 3.46. The maximum absolute atomic E-state index is 11.5. The smallest absolute Gasteiger partial charge is 0.337 e. The van der Waals surface area contributed by atoms with Crippen LogP contribution in [0.5, 0.6) is 0 Å². The van der Waals surface area contributed by atoms with E-state index >= 15 is 0 Å². The molecule has 0 spiro atoms. The molecule has 1 fully saturated rings. The zero-order valence-electron chi connectivity index (χ0n) is 19.6. The average molecular weight is 521 g/mol. The summed E-state index contributed by atoms with van der Waals surface area (Å²) in [6.07, 6.45) is 0. The molecule has 0 atom stereocenters. The van der Waals surface area contributed by atoms with Crippen LogP contribution in [0.4, 0.5) is 0 Å². The number of likely N-dealkylation sites (N-methyl/N-ethyl adjacent to an activating group) is 1. The number of ether oxygens (including phenoxy) is 2. The number of halogens is 1. The van der Waals surface area contributed by atoms with Gasteiger partial charge in [0.05, 0.1) is 25.3 Å². The van der Waals surface area contributed by atoms with Crippen LogP contribution in [0.15, 0.2) is 36.4 Å². The summed E-state index contributed by atoms with van der Waals surface area (Å²) in [5.74, 6) is -0.557. The molecule has 33 heavy (non-hydrogen) atoms. The van der Waals surface area contributed by atoms with E-state index in [1.807, 2.05) is 37.3 Å². The minimum Gasteiger partial charge on any atom is -0.465 e. The quantitative estimate of drug-likeness (QED) is 0.415. The number of alkyl halides is 1. The molecular weight excluding hydrogens is 484 g/mol. The highest BCUT2D eigenvalue weighted by atomic mass is 79.9. The van der Waals surface area contributed by atoms with Gasteiger partial charge in [0, 0.05) is 38.1 Å². The lowest BCUT2D eigenvalue weighted by Gasteiger charge is -2.32. The first-order valence-electron chi connectivity index (χ1n) is 10.6. The van der Waals surface area contributed by atoms with Crippen molar-refractivity contribution in [3.8, 4) is 0 Å². The lowest BCUT2D eigenvalue weighted by molar-refractivity contribution is 0.0591. The van der Waals surface area contributed by atoms with Gasteiger partial charge in [-0.15, -0.1) is 0 Å². The number of benzene rings is 2. The van der Waals surface area contributed by atoms with Crippen LogP contribution in [-0.4, -0.2) is 69.2 Å². The molecule has 1 aliphatic rings. The van der Waals surface area contributed by atoms with E-state index < -0.39 is 0 Å². The lowest BCUT2D eigenvalue weighted by Crippen LogP contribution is -2.43. The Morgan fingerprint density at radius 1 is 0.848 bits per heavy atom. The summed E-state index contributed by atoms with van der Waals surface area (Å²) in [7, 11) is 4.96. The lowest BCUT2D eigenvalue weighted by atomic mass is 10.0. The van der Waals surface area contributed by atoms with Crippen LogP contribution in [0.1, 0.15) is 50.4 Å². The van der Waals surface area contributed by atoms with E-state index in [1.165, 1.54) is 25.3 Å². The van der Waals surface area contributed by atoms with E-state index in [4.69, 9.17) is 4.74 Å². The zero-order chi connectivity index (χ0) is 23.7. The minimum absolute atomic E-state index is 0. The van der Waals surface area contributed by atoms with Gasteiger partial charge in [0.25, 0.3) is 0 Å². The molecule has 0 N–H and O–H groups in total. The van der Waals surface area contributed by atoms with Crippen LogP contribution in [0.3, 0.4) is 0 Å². The Balaban J connectivity index is 0.000000343. The monoisotopic (exact) mass is 520 g/mol. The van der Waals surface area contributed by atoms with Crippen molar-refractivity contribution in [3.05, 3.63) is 69.8 Å². The second kappa shape index (κ2) is 14.1. The molecule has 0 unspecified atom stereocenters. The van der Waals surface area contributed by atoms with Crippen LogP contribution in [0.25, 0.3) is 0 Å². The summed E-state index contributed by atoms with van der Waals surface area (Å²) < 4.78 is 9.35. The fraction of sp³-hybridized carbons (Fsp3) is 0.462. The Morgan fingerprint density at radius 2 is 1.30 bits per heavy atom. The van der Waals surface area contributed by atoms with Crippen LogP contribution in [0.2, 0.25) is 0 Å². The molecule has 0 aliphatic carbocycles. The second-order valence-electron chi connectivity index (χ2n) is 7.98. The third-order valence-electron chi connectivity index (χ3n) is 5.66. The largest absolute Gasteiger partial charge is 0.465 e. The summed E-state index contributed by atoms with van der Waals surface area (Å²) >= 11 is 3.37. The highest BCUT2D eigenvalue weighted by molar-refractivity contribution is 9.08. The number of hydrogen-bond acceptors (Lipinski definition) is 6. The predicted molar refractivity (Wildman–Crippen MR) is 137 cm³/mol. The predicted octanol–water partition coefficient (Wildman–Crippen LogP) is 4.84. The van der Waals surface area contributed by atoms with Crippen molar-refractivity contribution >= 4 is 27.9 Å². The van der Waals surface area contributed by atoms with Crippen molar-refractivity contribution in [3.63, 3.8) is 0 Å². The first-order valence-corrected chi connectivity index (χ1v) is 11.7. The molecule has 1 saturated heterocycles. The molecule has 6 nitrogen and oxygen atoms in total. The summed E-state index contributed by atoms with van der Waals surface area (Å²) in [4.78, 5) is 27.4. The van der Waals surface area contributed by atoms with Gasteiger partial charge < -0.3 is 14.4 Å². The maximum atomic E-state index is 11.5. The normalized spacial score (nSPS) is 13.9. The van der Waals surface area contributed by atoms with Gasteiger partial charge in [-0.25, -0.2) is 9.59 Å². The molecule has 0 radical (unpaired) electrons. The molecule has 0 aromatic heterocycles. The number of piperazine rings is 1. The summed E-state index contributed by atoms with van der Waals surface area (Å²) in [5.41, 5.74) is 5.96. The van der Waals surface area contributed by atoms with Gasteiger partial charge >= 0.3 is 11.9 Å². The van der Waals surface area contributed by atoms with Gasteiger partial charge in [-0.3, -0.25) is 4.90 Å². The Labute approximate surface area is 207 Å². The van der Waals surface area contributed by atoms with Gasteiger partial charge in [-0.2, -0.15) is 0 Å². The van der Waals surface area contributed by atoms with Crippen molar-refractivity contribution in [2.75, 3.05) is 47.4 Å². The summed E-state index contributed by atoms with van der Waals surface area (Å²) in [5, 5.41) is 0.806. The van der Waals surface area contributed by atoms with Crippen molar-refractivity contribution in [2.45, 2.75) is 33.1 Å². The highest BCUT2D eigenvalue weighted by Crippen LogP contribution is 2.16. The van der Waals surface area contributed by atoms with E-state index in [0.29, 0.717) is 11.1 Å². The number of nitrogens with zero attached hydrogens (tertiary/aromatic N) is 2. The topological polar surface area (TPSA) is 59.1 Å². The van der Waals surface area contributed by atoms with Crippen LogP contribution < -0.4 is 0 Å². The van der Waals surface area contributed by atoms with Gasteiger partial charge in [-0.1, -0.05) is 35.5 Å². The standard InChI is InChI=1S/C15H22N2O2.C10H11BrO2.CH4/c1-12-10-13(15(18)19-3)4-5-14(12)11-17-8-6-16(2)7-9-17;1-7-5-8(10(12)13-2)3-4-9(7)6-11;/h4-5,10H,6-9,11H2,1-3H3;3-5H,6H2,1-2H3;1H4. The van der Waals surface area contributed by atoms with E-state index in [-0.39, 0.29) is 19.4 Å². The highest BCUT2D eigenvalue weighted by Gasteiger charge is 2.15. The summed E-state index contributed by atoms with van der Waals surface area (Å²) in [6.45, 7) is 9.45. The third kappa shape index (κ3) is 8.57. The number of hydrogen-bond donors (Lipinski definition) is 0. The molecule has 3 rings (SSSR count). The SMILES string of the molecule is C.COC(=O)c1ccc(CBr)c(C)c1.COC(=O)c1ccc(CN2CCN(C)CC2)c(C)c1. The molecule has 2 aromatic carbocycles. The van der Waals surface area contributed by atoms with Crippen molar-refractivity contribution < 1.29 is 19.1 Å². The van der Waals surface area contributed by atoms with E-state index in [1.54, 1.807) is 6.07 Å².